The third-order valence-electron chi connectivity index (χ3n) is 3.56. The summed E-state index contributed by atoms with van der Waals surface area (Å²) < 4.78 is 6.48. The molecule has 2 rings (SSSR count). The molecule has 0 aliphatic carbocycles. The van der Waals surface area contributed by atoms with E-state index in [0.717, 1.165) is 23.7 Å². The van der Waals surface area contributed by atoms with Crippen LogP contribution in [0.15, 0.2) is 28.7 Å². The van der Waals surface area contributed by atoms with Gasteiger partial charge in [0, 0.05) is 17.6 Å². The molecule has 1 atom stereocenters. The van der Waals surface area contributed by atoms with Crippen molar-refractivity contribution in [2.24, 2.45) is 5.41 Å². The van der Waals surface area contributed by atoms with Crippen molar-refractivity contribution in [3.05, 3.63) is 34.3 Å². The van der Waals surface area contributed by atoms with Crippen LogP contribution in [0.3, 0.4) is 0 Å². The topological polar surface area (TPSA) is 38.3 Å². The monoisotopic (exact) mass is 339 g/mol. The van der Waals surface area contributed by atoms with Crippen LogP contribution in [0.2, 0.25) is 0 Å². The number of nitrogens with one attached hydrogen (secondary N) is 1. The third-order valence-corrected chi connectivity index (χ3v) is 4.09. The number of benzene rings is 1. The van der Waals surface area contributed by atoms with Crippen LogP contribution in [0.25, 0.3) is 0 Å². The zero-order chi connectivity index (χ0) is 14.6. The molecule has 20 heavy (non-hydrogen) atoms. The molecular weight excluding hydrogens is 318 g/mol. The number of carbonyl (C=O) groups excluding carboxylic acids is 1. The second kappa shape index (κ2) is 6.72. The van der Waals surface area contributed by atoms with Crippen LogP contribution in [-0.2, 0) is 16.0 Å². The first kappa shape index (κ1) is 15.5. The lowest BCUT2D eigenvalue weighted by Crippen LogP contribution is -2.40. The van der Waals surface area contributed by atoms with Crippen molar-refractivity contribution >= 4 is 21.8 Å². The van der Waals surface area contributed by atoms with E-state index in [1.165, 1.54) is 5.56 Å². The van der Waals surface area contributed by atoms with Crippen molar-refractivity contribution in [2.45, 2.75) is 39.2 Å². The van der Waals surface area contributed by atoms with Crippen molar-refractivity contribution < 1.29 is 9.53 Å². The number of hydrogen-bond acceptors (Lipinski definition) is 2. The van der Waals surface area contributed by atoms with Crippen molar-refractivity contribution in [1.82, 2.24) is 5.32 Å². The predicted octanol–water partition coefficient (Wildman–Crippen LogP) is 3.31. The number of rotatable bonds is 5. The van der Waals surface area contributed by atoms with E-state index in [1.807, 2.05) is 0 Å². The molecule has 0 aromatic heterocycles. The van der Waals surface area contributed by atoms with Crippen molar-refractivity contribution in [3.8, 4) is 0 Å². The second-order valence-corrected chi connectivity index (χ2v) is 7.10. The first-order valence-corrected chi connectivity index (χ1v) is 7.89. The van der Waals surface area contributed by atoms with Gasteiger partial charge in [0.15, 0.2) is 0 Å². The van der Waals surface area contributed by atoms with E-state index in [2.05, 4.69) is 59.4 Å². The Bertz CT molecular complexity index is 450. The molecule has 1 aliphatic heterocycles. The maximum Gasteiger partial charge on any atom is 0.249 e. The molecule has 3 nitrogen and oxygen atoms in total. The highest BCUT2D eigenvalue weighted by Crippen LogP contribution is 2.22. The zero-order valence-corrected chi connectivity index (χ0v) is 13.7. The summed E-state index contributed by atoms with van der Waals surface area (Å²) in [5, 5.41) is 3.02. The van der Waals surface area contributed by atoms with Gasteiger partial charge < -0.3 is 10.1 Å². The van der Waals surface area contributed by atoms with E-state index in [1.54, 1.807) is 0 Å². The van der Waals surface area contributed by atoms with E-state index in [4.69, 9.17) is 4.74 Å². The van der Waals surface area contributed by atoms with Gasteiger partial charge in [-0.05, 0) is 42.4 Å². The van der Waals surface area contributed by atoms with Crippen LogP contribution < -0.4 is 5.32 Å². The summed E-state index contributed by atoms with van der Waals surface area (Å²) in [6.45, 7) is 5.72. The first-order valence-electron chi connectivity index (χ1n) is 7.10. The molecule has 1 unspecified atom stereocenters. The van der Waals surface area contributed by atoms with Crippen LogP contribution in [0.4, 0.5) is 0 Å². The van der Waals surface area contributed by atoms with Crippen LogP contribution in [0, 0.1) is 5.41 Å². The molecule has 4 heteroatoms. The fourth-order valence-electron chi connectivity index (χ4n) is 2.44. The van der Waals surface area contributed by atoms with Crippen LogP contribution in [-0.4, -0.2) is 25.2 Å². The van der Waals surface area contributed by atoms with Gasteiger partial charge in [-0.3, -0.25) is 4.79 Å². The number of ether oxygens (including phenoxy) is 1. The minimum absolute atomic E-state index is 0.0299. The fourth-order valence-corrected chi connectivity index (χ4v) is 2.71. The SMILES string of the molecule is CC(C)(CNC(=O)C1CCCO1)Cc1ccc(Br)cc1. The summed E-state index contributed by atoms with van der Waals surface area (Å²) in [6.07, 6.45) is 2.53. The molecule has 0 spiro atoms. The zero-order valence-electron chi connectivity index (χ0n) is 12.1. The average Bonchev–Trinajstić information content (AvgIpc) is 2.93. The van der Waals surface area contributed by atoms with E-state index >= 15 is 0 Å². The quantitative estimate of drug-likeness (QED) is 0.893. The lowest BCUT2D eigenvalue weighted by molar-refractivity contribution is -0.130. The highest BCUT2D eigenvalue weighted by molar-refractivity contribution is 9.10. The summed E-state index contributed by atoms with van der Waals surface area (Å²) in [5.74, 6) is 0.0337. The van der Waals surface area contributed by atoms with E-state index in [-0.39, 0.29) is 17.4 Å². The van der Waals surface area contributed by atoms with E-state index in [0.29, 0.717) is 13.2 Å². The van der Waals surface area contributed by atoms with Crippen LogP contribution >= 0.6 is 15.9 Å². The summed E-state index contributed by atoms with van der Waals surface area (Å²) >= 11 is 3.44. The highest BCUT2D eigenvalue weighted by atomic mass is 79.9. The Morgan fingerprint density at radius 3 is 2.70 bits per heavy atom. The van der Waals surface area contributed by atoms with Gasteiger partial charge >= 0.3 is 0 Å². The number of halogens is 1. The van der Waals surface area contributed by atoms with Crippen LogP contribution in [0.1, 0.15) is 32.3 Å². The van der Waals surface area contributed by atoms with Crippen molar-refractivity contribution in [2.75, 3.05) is 13.2 Å². The fraction of sp³-hybridized carbons (Fsp3) is 0.562. The molecule has 0 radical (unpaired) electrons. The molecule has 1 heterocycles. The van der Waals surface area contributed by atoms with Crippen molar-refractivity contribution in [3.63, 3.8) is 0 Å². The Morgan fingerprint density at radius 1 is 1.40 bits per heavy atom. The van der Waals surface area contributed by atoms with Gasteiger partial charge in [-0.1, -0.05) is 41.9 Å². The Hall–Kier alpha value is -0.870. The Kier molecular flexibility index (Phi) is 5.22. The molecule has 110 valence electrons. The molecule has 0 bridgehead atoms. The largest absolute Gasteiger partial charge is 0.368 e. The van der Waals surface area contributed by atoms with Gasteiger partial charge in [-0.25, -0.2) is 0 Å². The van der Waals surface area contributed by atoms with Gasteiger partial charge in [0.05, 0.1) is 0 Å². The highest BCUT2D eigenvalue weighted by Gasteiger charge is 2.26. The lowest BCUT2D eigenvalue weighted by atomic mass is 9.85. The molecular formula is C16H22BrNO2. The third kappa shape index (κ3) is 4.60. The van der Waals surface area contributed by atoms with Gasteiger partial charge in [0.25, 0.3) is 0 Å². The number of carbonyl (C=O) groups is 1. The normalized spacial score (nSPS) is 19.1. The summed E-state index contributed by atoms with van der Waals surface area (Å²) in [5.41, 5.74) is 1.31. The first-order chi connectivity index (χ1) is 9.46. The Balaban J connectivity index is 1.83. The van der Waals surface area contributed by atoms with Gasteiger partial charge in [0.1, 0.15) is 6.10 Å². The smallest absolute Gasteiger partial charge is 0.249 e. The maximum atomic E-state index is 11.9. The van der Waals surface area contributed by atoms with Crippen molar-refractivity contribution in [1.29, 1.82) is 0 Å². The molecule has 1 fully saturated rings. The number of amides is 1. The molecule has 0 saturated carbocycles. The molecule has 1 aromatic carbocycles. The van der Waals surface area contributed by atoms with E-state index in [9.17, 15) is 4.79 Å². The molecule has 1 saturated heterocycles. The van der Waals surface area contributed by atoms with Gasteiger partial charge in [0.2, 0.25) is 5.91 Å². The minimum Gasteiger partial charge on any atom is -0.368 e. The molecule has 1 N–H and O–H groups in total. The average molecular weight is 340 g/mol. The van der Waals surface area contributed by atoms with Gasteiger partial charge in [-0.15, -0.1) is 0 Å². The summed E-state index contributed by atoms with van der Waals surface area (Å²) in [4.78, 5) is 11.9. The summed E-state index contributed by atoms with van der Waals surface area (Å²) in [7, 11) is 0. The number of hydrogen-bond donors (Lipinski definition) is 1. The predicted molar refractivity (Wildman–Crippen MR) is 83.6 cm³/mol. The Morgan fingerprint density at radius 2 is 2.10 bits per heavy atom. The minimum atomic E-state index is -0.238. The Labute approximate surface area is 129 Å². The lowest BCUT2D eigenvalue weighted by Gasteiger charge is -2.26. The standard InChI is InChI=1S/C16H22BrNO2/c1-16(2,10-12-5-7-13(17)8-6-12)11-18-15(19)14-4-3-9-20-14/h5-8,14H,3-4,9-11H2,1-2H3,(H,18,19). The van der Waals surface area contributed by atoms with E-state index < -0.39 is 0 Å². The molecule has 1 aromatic rings. The summed E-state index contributed by atoms with van der Waals surface area (Å²) in [6, 6.07) is 8.34. The van der Waals surface area contributed by atoms with Gasteiger partial charge in [-0.2, -0.15) is 0 Å². The molecule has 1 aliphatic rings. The maximum absolute atomic E-state index is 11.9. The van der Waals surface area contributed by atoms with Crippen LogP contribution in [0.5, 0.6) is 0 Å². The molecule has 1 amide bonds. The second-order valence-electron chi connectivity index (χ2n) is 6.19.